The minimum Gasteiger partial charge on any atom is -0.497 e. The summed E-state index contributed by atoms with van der Waals surface area (Å²) < 4.78 is 5.10. The van der Waals surface area contributed by atoms with Crippen molar-refractivity contribution in [1.29, 1.82) is 0 Å². The predicted octanol–water partition coefficient (Wildman–Crippen LogP) is 3.23. The molecule has 0 heterocycles. The van der Waals surface area contributed by atoms with E-state index in [4.69, 9.17) is 10.5 Å². The van der Waals surface area contributed by atoms with Crippen LogP contribution in [0.2, 0.25) is 0 Å². The Morgan fingerprint density at radius 3 is 2.70 bits per heavy atom. The summed E-state index contributed by atoms with van der Waals surface area (Å²) in [5, 5.41) is 5.51. The van der Waals surface area contributed by atoms with Crippen LogP contribution in [0, 0.1) is 6.92 Å². The number of anilines is 3. The topological polar surface area (TPSA) is 76.4 Å². The lowest BCUT2D eigenvalue weighted by Gasteiger charge is -2.11. The summed E-state index contributed by atoms with van der Waals surface area (Å²) in [5.74, 6) is 0.683. The van der Waals surface area contributed by atoms with Crippen LogP contribution in [0.3, 0.4) is 0 Å². The summed E-state index contributed by atoms with van der Waals surface area (Å²) in [4.78, 5) is 11.9. The third-order valence-electron chi connectivity index (χ3n) is 2.84. The first kappa shape index (κ1) is 13.7. The molecule has 5 nitrogen and oxygen atoms in total. The number of carbonyl (C=O) groups excluding carboxylic acids is 1. The van der Waals surface area contributed by atoms with Gasteiger partial charge in [-0.2, -0.15) is 0 Å². The van der Waals surface area contributed by atoms with Gasteiger partial charge in [0.05, 0.1) is 7.11 Å². The van der Waals surface area contributed by atoms with E-state index in [0.717, 1.165) is 5.56 Å². The van der Waals surface area contributed by atoms with Gasteiger partial charge in [-0.05, 0) is 36.8 Å². The lowest BCUT2D eigenvalue weighted by atomic mass is 10.2. The van der Waals surface area contributed by atoms with E-state index in [1.165, 1.54) is 0 Å². The molecule has 0 radical (unpaired) electrons. The molecule has 0 aliphatic rings. The zero-order valence-corrected chi connectivity index (χ0v) is 11.4. The highest BCUT2D eigenvalue weighted by atomic mass is 16.5. The Bertz CT molecular complexity index is 626. The molecular formula is C15H17N3O2. The number of nitrogens with two attached hydrogens (primary N) is 1. The van der Waals surface area contributed by atoms with Crippen molar-refractivity contribution >= 4 is 23.1 Å². The normalized spacial score (nSPS) is 9.90. The van der Waals surface area contributed by atoms with E-state index in [1.807, 2.05) is 19.1 Å². The van der Waals surface area contributed by atoms with Crippen LogP contribution in [0.4, 0.5) is 21.9 Å². The van der Waals surface area contributed by atoms with Gasteiger partial charge < -0.3 is 21.1 Å². The summed E-state index contributed by atoms with van der Waals surface area (Å²) in [6, 6.07) is 12.2. The predicted molar refractivity (Wildman–Crippen MR) is 81.2 cm³/mol. The van der Waals surface area contributed by atoms with E-state index in [0.29, 0.717) is 22.8 Å². The number of amides is 2. The molecule has 0 aliphatic heterocycles. The lowest BCUT2D eigenvalue weighted by molar-refractivity contribution is 0.262. The van der Waals surface area contributed by atoms with Crippen LogP contribution in [0.25, 0.3) is 0 Å². The van der Waals surface area contributed by atoms with Gasteiger partial charge in [0.1, 0.15) is 5.75 Å². The van der Waals surface area contributed by atoms with Crippen molar-refractivity contribution in [3.05, 3.63) is 48.0 Å². The van der Waals surface area contributed by atoms with E-state index < -0.39 is 0 Å². The Morgan fingerprint density at radius 2 is 1.95 bits per heavy atom. The van der Waals surface area contributed by atoms with Gasteiger partial charge in [0.25, 0.3) is 0 Å². The highest BCUT2D eigenvalue weighted by Gasteiger charge is 2.06. The van der Waals surface area contributed by atoms with Gasteiger partial charge in [0.2, 0.25) is 0 Å². The summed E-state index contributed by atoms with van der Waals surface area (Å²) in [6.45, 7) is 1.90. The molecule has 0 aliphatic carbocycles. The van der Waals surface area contributed by atoms with E-state index in [2.05, 4.69) is 10.6 Å². The number of benzene rings is 2. The van der Waals surface area contributed by atoms with Gasteiger partial charge in [-0.1, -0.05) is 12.1 Å². The van der Waals surface area contributed by atoms with Crippen molar-refractivity contribution in [3.8, 4) is 5.75 Å². The Balaban J connectivity index is 2.07. The van der Waals surface area contributed by atoms with Gasteiger partial charge in [0, 0.05) is 23.1 Å². The summed E-state index contributed by atoms with van der Waals surface area (Å²) in [7, 11) is 1.58. The molecule has 0 saturated carbocycles. The summed E-state index contributed by atoms with van der Waals surface area (Å²) >= 11 is 0. The number of carbonyl (C=O) groups is 1. The Kier molecular flexibility index (Phi) is 4.10. The van der Waals surface area contributed by atoms with Crippen molar-refractivity contribution in [2.75, 3.05) is 23.5 Å². The fourth-order valence-corrected chi connectivity index (χ4v) is 1.76. The molecule has 0 atom stereocenters. The molecule has 2 aromatic carbocycles. The van der Waals surface area contributed by atoms with Gasteiger partial charge in [-0.3, -0.25) is 0 Å². The second-order valence-corrected chi connectivity index (χ2v) is 4.39. The van der Waals surface area contributed by atoms with Crippen LogP contribution in [0.5, 0.6) is 5.75 Å². The van der Waals surface area contributed by atoms with E-state index in [-0.39, 0.29) is 6.03 Å². The van der Waals surface area contributed by atoms with Gasteiger partial charge in [-0.15, -0.1) is 0 Å². The molecule has 0 aromatic heterocycles. The molecule has 0 unspecified atom stereocenters. The van der Waals surface area contributed by atoms with Crippen LogP contribution in [-0.2, 0) is 0 Å². The SMILES string of the molecule is COc1cccc(NC(=O)Nc2cc(N)ccc2C)c1. The van der Waals surface area contributed by atoms with Gasteiger partial charge >= 0.3 is 6.03 Å². The molecule has 0 saturated heterocycles. The molecular weight excluding hydrogens is 254 g/mol. The minimum atomic E-state index is -0.327. The first-order valence-electron chi connectivity index (χ1n) is 6.16. The van der Waals surface area contributed by atoms with E-state index >= 15 is 0 Å². The van der Waals surface area contributed by atoms with Crippen LogP contribution in [0.15, 0.2) is 42.5 Å². The third-order valence-corrected chi connectivity index (χ3v) is 2.84. The number of aryl methyl sites for hydroxylation is 1. The van der Waals surface area contributed by atoms with Gasteiger partial charge in [-0.25, -0.2) is 4.79 Å². The summed E-state index contributed by atoms with van der Waals surface area (Å²) in [5.41, 5.74) is 8.60. The summed E-state index contributed by atoms with van der Waals surface area (Å²) in [6.07, 6.45) is 0. The number of urea groups is 1. The zero-order chi connectivity index (χ0) is 14.5. The van der Waals surface area contributed by atoms with Crippen molar-refractivity contribution < 1.29 is 9.53 Å². The quantitative estimate of drug-likeness (QED) is 0.750. The van der Waals surface area contributed by atoms with E-state index in [9.17, 15) is 4.79 Å². The fraction of sp³-hybridized carbons (Fsp3) is 0.133. The molecule has 104 valence electrons. The largest absolute Gasteiger partial charge is 0.497 e. The second-order valence-electron chi connectivity index (χ2n) is 4.39. The highest BCUT2D eigenvalue weighted by molar-refractivity contribution is 6.00. The standard InChI is InChI=1S/C15H17N3O2/c1-10-6-7-11(16)8-14(10)18-15(19)17-12-4-3-5-13(9-12)20-2/h3-9H,16H2,1-2H3,(H2,17,18,19). The Labute approximate surface area is 117 Å². The number of hydrogen-bond acceptors (Lipinski definition) is 3. The van der Waals surface area contributed by atoms with Crippen LogP contribution in [0.1, 0.15) is 5.56 Å². The number of hydrogen-bond donors (Lipinski definition) is 3. The van der Waals surface area contributed by atoms with Crippen molar-refractivity contribution in [2.24, 2.45) is 0 Å². The lowest BCUT2D eigenvalue weighted by Crippen LogP contribution is -2.20. The number of methoxy groups -OCH3 is 1. The highest BCUT2D eigenvalue weighted by Crippen LogP contribution is 2.20. The zero-order valence-electron chi connectivity index (χ0n) is 11.4. The molecule has 0 bridgehead atoms. The average Bonchev–Trinajstić information content (AvgIpc) is 2.43. The first-order chi connectivity index (χ1) is 9.58. The molecule has 0 fully saturated rings. The molecule has 20 heavy (non-hydrogen) atoms. The van der Waals surface area contributed by atoms with Crippen molar-refractivity contribution in [1.82, 2.24) is 0 Å². The number of ether oxygens (including phenoxy) is 1. The molecule has 2 amide bonds. The van der Waals surface area contributed by atoms with Crippen LogP contribution < -0.4 is 21.1 Å². The smallest absolute Gasteiger partial charge is 0.323 e. The maximum Gasteiger partial charge on any atom is 0.323 e. The average molecular weight is 271 g/mol. The van der Waals surface area contributed by atoms with Crippen molar-refractivity contribution in [3.63, 3.8) is 0 Å². The Hall–Kier alpha value is -2.69. The third kappa shape index (κ3) is 3.41. The second kappa shape index (κ2) is 5.97. The monoisotopic (exact) mass is 271 g/mol. The molecule has 0 spiro atoms. The van der Waals surface area contributed by atoms with Crippen molar-refractivity contribution in [2.45, 2.75) is 6.92 Å². The van der Waals surface area contributed by atoms with E-state index in [1.54, 1.807) is 37.4 Å². The maximum absolute atomic E-state index is 11.9. The first-order valence-corrected chi connectivity index (χ1v) is 6.16. The number of nitrogen functional groups attached to an aromatic ring is 1. The fourth-order valence-electron chi connectivity index (χ4n) is 1.76. The van der Waals surface area contributed by atoms with Crippen LogP contribution in [-0.4, -0.2) is 13.1 Å². The van der Waals surface area contributed by atoms with Crippen LogP contribution >= 0.6 is 0 Å². The maximum atomic E-state index is 11.9. The minimum absolute atomic E-state index is 0.327. The molecule has 2 aromatic rings. The number of nitrogens with one attached hydrogen (secondary N) is 2. The molecule has 5 heteroatoms. The molecule has 2 rings (SSSR count). The molecule has 4 N–H and O–H groups in total. The Morgan fingerprint density at radius 1 is 1.15 bits per heavy atom. The number of rotatable bonds is 3. The van der Waals surface area contributed by atoms with Gasteiger partial charge in [0.15, 0.2) is 0 Å².